The van der Waals surface area contributed by atoms with Gasteiger partial charge in [-0.1, -0.05) is 26.8 Å². The minimum absolute atomic E-state index is 0.0184. The molecule has 2 N–H and O–H groups in total. The van der Waals surface area contributed by atoms with Gasteiger partial charge in [-0.05, 0) is 17.9 Å². The van der Waals surface area contributed by atoms with Crippen LogP contribution in [0.4, 0.5) is 19.6 Å². The number of piperidine rings is 1. The van der Waals surface area contributed by atoms with E-state index in [0.717, 1.165) is 6.42 Å². The largest absolute Gasteiger partial charge is 0.465 e. The van der Waals surface area contributed by atoms with Crippen molar-refractivity contribution in [2.24, 2.45) is 5.41 Å². The summed E-state index contributed by atoms with van der Waals surface area (Å²) in [6.07, 6.45) is -3.56. The molecule has 11 heteroatoms. The van der Waals surface area contributed by atoms with E-state index >= 15 is 0 Å². The molecule has 3 saturated heterocycles. The number of alkyl halides is 2. The van der Waals surface area contributed by atoms with Gasteiger partial charge in [0.05, 0.1) is 17.1 Å². The summed E-state index contributed by atoms with van der Waals surface area (Å²) in [7, 11) is 0. The molecule has 3 aliphatic heterocycles. The summed E-state index contributed by atoms with van der Waals surface area (Å²) in [6, 6.07) is 3.04. The van der Waals surface area contributed by atoms with E-state index in [1.165, 1.54) is 22.3 Å². The second kappa shape index (κ2) is 7.36. The first-order chi connectivity index (χ1) is 15.5. The molecule has 3 aromatic rings. The zero-order valence-corrected chi connectivity index (χ0v) is 19.1. The smallest absolute Gasteiger partial charge is 0.408 e. The van der Waals surface area contributed by atoms with Crippen LogP contribution in [-0.2, 0) is 0 Å². The van der Waals surface area contributed by atoms with E-state index in [4.69, 9.17) is 4.42 Å². The Balaban J connectivity index is 1.60. The molecule has 3 unspecified atom stereocenters. The molecule has 5 heterocycles. The maximum Gasteiger partial charge on any atom is 0.408 e. The van der Waals surface area contributed by atoms with Gasteiger partial charge in [0.1, 0.15) is 16.6 Å². The van der Waals surface area contributed by atoms with E-state index < -0.39 is 24.2 Å². The third kappa shape index (κ3) is 3.20. The molecule has 0 saturated carbocycles. The number of thiazole rings is 1. The van der Waals surface area contributed by atoms with Gasteiger partial charge in [-0.3, -0.25) is 4.90 Å². The summed E-state index contributed by atoms with van der Waals surface area (Å²) in [4.78, 5) is 24.2. The maximum absolute atomic E-state index is 13.3. The van der Waals surface area contributed by atoms with Gasteiger partial charge in [0.15, 0.2) is 5.58 Å². The number of benzene rings is 1. The first-order valence-corrected chi connectivity index (χ1v) is 11.5. The minimum atomic E-state index is -2.98. The van der Waals surface area contributed by atoms with Crippen LogP contribution in [-0.4, -0.2) is 62.3 Å². The van der Waals surface area contributed by atoms with Crippen molar-refractivity contribution in [3.05, 3.63) is 29.3 Å². The lowest BCUT2D eigenvalue weighted by molar-refractivity contribution is -0.125. The number of halogens is 2. The van der Waals surface area contributed by atoms with Crippen LogP contribution < -0.4 is 4.90 Å². The van der Waals surface area contributed by atoms with Gasteiger partial charge < -0.3 is 19.5 Å². The number of piperazine rings is 1. The Bertz CT molecular complexity index is 1210. The Morgan fingerprint density at radius 3 is 2.73 bits per heavy atom. The lowest BCUT2D eigenvalue weighted by Crippen LogP contribution is -2.82. The van der Waals surface area contributed by atoms with Crippen molar-refractivity contribution in [3.8, 4) is 10.6 Å². The van der Waals surface area contributed by atoms with Crippen LogP contribution in [0.2, 0.25) is 0 Å². The molecule has 1 aromatic carbocycles. The number of aliphatic hydroxyl groups is 1. The third-order valence-corrected chi connectivity index (χ3v) is 7.75. The first kappa shape index (κ1) is 22.0. The van der Waals surface area contributed by atoms with E-state index in [1.54, 1.807) is 17.6 Å². The van der Waals surface area contributed by atoms with Gasteiger partial charge in [0.25, 0.3) is 12.4 Å². The molecule has 3 fully saturated rings. The average Bonchev–Trinajstić information content (AvgIpc) is 3.41. The van der Waals surface area contributed by atoms with Crippen molar-refractivity contribution in [1.29, 1.82) is 0 Å². The predicted molar refractivity (Wildman–Crippen MR) is 119 cm³/mol. The molecule has 6 rings (SSSR count). The van der Waals surface area contributed by atoms with Crippen molar-refractivity contribution in [2.45, 2.75) is 51.3 Å². The van der Waals surface area contributed by atoms with Gasteiger partial charge in [-0.15, -0.1) is 11.3 Å². The molecular formula is C22H24F2N4O4S. The Morgan fingerprint density at radius 1 is 1.36 bits per heavy atom. The quantitative estimate of drug-likeness (QED) is 0.565. The van der Waals surface area contributed by atoms with Crippen LogP contribution in [0.25, 0.3) is 21.7 Å². The zero-order valence-electron chi connectivity index (χ0n) is 18.3. The molecule has 3 atom stereocenters. The Kier molecular flexibility index (Phi) is 4.91. The Morgan fingerprint density at radius 2 is 2.12 bits per heavy atom. The topological polar surface area (TPSA) is 103 Å². The summed E-state index contributed by atoms with van der Waals surface area (Å²) in [6.45, 7) is 6.77. The number of rotatable bonds is 4. The van der Waals surface area contributed by atoms with Crippen LogP contribution >= 0.6 is 11.3 Å². The van der Waals surface area contributed by atoms with Crippen molar-refractivity contribution < 1.29 is 28.2 Å². The number of fused-ring (bicyclic) bond motifs is 3. The molecule has 0 spiro atoms. The zero-order chi connectivity index (χ0) is 23.7. The second-order valence-electron chi connectivity index (χ2n) is 9.67. The number of amides is 1. The molecule has 0 aliphatic carbocycles. The van der Waals surface area contributed by atoms with E-state index in [-0.39, 0.29) is 34.1 Å². The number of aliphatic hydroxyl groups excluding tert-OH is 1. The summed E-state index contributed by atoms with van der Waals surface area (Å²) in [5.74, 6) is 0. The van der Waals surface area contributed by atoms with Gasteiger partial charge in [0.2, 0.25) is 0 Å². The SMILES string of the molecule is CC(C)(C)C12CC(CN(c3nc4c(C(O)C(F)F)ccc(-c5nccs5)c4o3)C1)N2C(=O)O. The monoisotopic (exact) mass is 478 g/mol. The molecule has 2 aromatic heterocycles. The minimum Gasteiger partial charge on any atom is -0.465 e. The summed E-state index contributed by atoms with van der Waals surface area (Å²) in [5.41, 5.74) is 0.0570. The number of carboxylic acid groups (broad SMARTS) is 1. The fraction of sp³-hybridized carbons (Fsp3) is 0.500. The molecule has 176 valence electrons. The number of hydrogen-bond acceptors (Lipinski definition) is 7. The molecule has 3 aliphatic rings. The highest BCUT2D eigenvalue weighted by atomic mass is 32.1. The van der Waals surface area contributed by atoms with E-state index in [1.807, 2.05) is 25.7 Å². The average molecular weight is 479 g/mol. The van der Waals surface area contributed by atoms with Crippen molar-refractivity contribution >= 4 is 34.5 Å². The summed E-state index contributed by atoms with van der Waals surface area (Å²) in [5, 5.41) is 22.3. The summed E-state index contributed by atoms with van der Waals surface area (Å²) >= 11 is 1.37. The van der Waals surface area contributed by atoms with Crippen LogP contribution in [0.15, 0.2) is 28.1 Å². The van der Waals surface area contributed by atoms with E-state index in [2.05, 4.69) is 9.97 Å². The van der Waals surface area contributed by atoms with Crippen molar-refractivity contribution in [1.82, 2.24) is 14.9 Å². The molecular weight excluding hydrogens is 454 g/mol. The Labute approximate surface area is 192 Å². The van der Waals surface area contributed by atoms with Crippen LogP contribution in [0.3, 0.4) is 0 Å². The highest BCUT2D eigenvalue weighted by Gasteiger charge is 2.64. The third-order valence-electron chi connectivity index (χ3n) is 6.94. The van der Waals surface area contributed by atoms with Crippen LogP contribution in [0, 0.1) is 5.41 Å². The summed E-state index contributed by atoms with van der Waals surface area (Å²) < 4.78 is 32.8. The molecule has 2 bridgehead atoms. The standard InChI is InChI=1S/C22H24F2N4O4S/c1-21(2,3)22-8-11(28(22)20(30)31)9-27(10-22)19-26-14-12(15(29)17(23)24)4-5-13(16(14)32-19)18-25-6-7-33-18/h4-7,11,15,17,29H,8-10H2,1-3H3,(H,30,31). The predicted octanol–water partition coefficient (Wildman–Crippen LogP) is 4.61. The van der Waals surface area contributed by atoms with Crippen molar-refractivity contribution in [2.75, 3.05) is 18.0 Å². The molecule has 33 heavy (non-hydrogen) atoms. The normalized spacial score (nSPS) is 23.8. The van der Waals surface area contributed by atoms with Gasteiger partial charge in [-0.2, -0.15) is 4.98 Å². The second-order valence-corrected chi connectivity index (χ2v) is 10.6. The lowest BCUT2D eigenvalue weighted by Gasteiger charge is -2.67. The van der Waals surface area contributed by atoms with Gasteiger partial charge in [0, 0.05) is 30.2 Å². The highest BCUT2D eigenvalue weighted by molar-refractivity contribution is 7.13. The number of oxazole rings is 1. The molecule has 8 nitrogen and oxygen atoms in total. The highest BCUT2D eigenvalue weighted by Crippen LogP contribution is 2.53. The Hall–Kier alpha value is -2.79. The number of hydrogen-bond donors (Lipinski definition) is 2. The van der Waals surface area contributed by atoms with Crippen LogP contribution in [0.1, 0.15) is 38.9 Å². The first-order valence-electron chi connectivity index (χ1n) is 10.6. The number of aromatic nitrogens is 2. The van der Waals surface area contributed by atoms with E-state index in [9.17, 15) is 23.8 Å². The lowest BCUT2D eigenvalue weighted by atomic mass is 9.60. The van der Waals surface area contributed by atoms with Crippen LogP contribution in [0.5, 0.6) is 0 Å². The van der Waals surface area contributed by atoms with Crippen molar-refractivity contribution in [3.63, 3.8) is 0 Å². The number of nitrogens with zero attached hydrogens (tertiary/aromatic N) is 4. The van der Waals surface area contributed by atoms with Gasteiger partial charge >= 0.3 is 6.09 Å². The van der Waals surface area contributed by atoms with Gasteiger partial charge in [-0.25, -0.2) is 18.6 Å². The maximum atomic E-state index is 13.3. The van der Waals surface area contributed by atoms with E-state index in [0.29, 0.717) is 23.7 Å². The fourth-order valence-corrected chi connectivity index (χ4v) is 5.84. The molecule has 0 radical (unpaired) electrons. The number of anilines is 1. The fourth-order valence-electron chi connectivity index (χ4n) is 5.18. The number of carbonyl (C=O) groups is 1. The molecule has 1 amide bonds.